The van der Waals surface area contributed by atoms with Crippen LogP contribution in [0.1, 0.15) is 26.3 Å². The monoisotopic (exact) mass is 292 g/mol. The van der Waals surface area contributed by atoms with Crippen LogP contribution in [-0.4, -0.2) is 11.6 Å². The first-order valence-corrected chi connectivity index (χ1v) is 6.35. The minimum absolute atomic E-state index is 0.323. The van der Waals surface area contributed by atoms with E-state index in [0.29, 0.717) is 26.7 Å². The molecule has 2 rings (SSSR count). The van der Waals surface area contributed by atoms with Crippen molar-refractivity contribution in [2.24, 2.45) is 0 Å². The molecule has 0 aliphatic heterocycles. The second-order valence-corrected chi connectivity index (χ2v) is 5.00. The fourth-order valence-corrected chi connectivity index (χ4v) is 2.09. The van der Waals surface area contributed by atoms with E-state index >= 15 is 0 Å². The molecule has 0 aliphatic carbocycles. The highest BCUT2D eigenvalue weighted by Crippen LogP contribution is 2.18. The summed E-state index contributed by atoms with van der Waals surface area (Å²) >= 11 is 11.6. The first kappa shape index (κ1) is 13.8. The van der Waals surface area contributed by atoms with Crippen LogP contribution >= 0.6 is 23.2 Å². The molecule has 0 fully saturated rings. The van der Waals surface area contributed by atoms with Crippen molar-refractivity contribution in [3.05, 3.63) is 69.2 Å². The van der Waals surface area contributed by atoms with Gasteiger partial charge in [-0.1, -0.05) is 23.2 Å². The van der Waals surface area contributed by atoms with Crippen molar-refractivity contribution in [1.82, 2.24) is 0 Å². The van der Waals surface area contributed by atoms with Gasteiger partial charge in [0.25, 0.3) is 0 Å². The first-order valence-electron chi connectivity index (χ1n) is 5.60. The Morgan fingerprint density at radius 1 is 0.842 bits per heavy atom. The third-order valence-corrected chi connectivity index (χ3v) is 3.23. The normalized spacial score (nSPS) is 10.3. The SMILES string of the molecule is Cc1cc(Cl)ccc1C(=O)C(=O)c1ccc(Cl)cc1. The van der Waals surface area contributed by atoms with E-state index in [4.69, 9.17) is 23.2 Å². The summed E-state index contributed by atoms with van der Waals surface area (Å²) in [5.41, 5.74) is 1.37. The first-order chi connectivity index (χ1) is 8.99. The lowest BCUT2D eigenvalue weighted by Crippen LogP contribution is -2.15. The van der Waals surface area contributed by atoms with Crippen LogP contribution in [0.25, 0.3) is 0 Å². The molecule has 96 valence electrons. The average Bonchev–Trinajstić information content (AvgIpc) is 2.38. The molecule has 0 amide bonds. The molecule has 0 unspecified atom stereocenters. The molecule has 0 saturated heterocycles. The van der Waals surface area contributed by atoms with Crippen LogP contribution in [0.15, 0.2) is 42.5 Å². The van der Waals surface area contributed by atoms with Gasteiger partial charge in [-0.15, -0.1) is 0 Å². The lowest BCUT2D eigenvalue weighted by atomic mass is 9.98. The van der Waals surface area contributed by atoms with Gasteiger partial charge >= 0.3 is 0 Å². The quantitative estimate of drug-likeness (QED) is 0.622. The van der Waals surface area contributed by atoms with Crippen LogP contribution in [0.2, 0.25) is 10.0 Å². The standard InChI is InChI=1S/C15H10Cl2O2/c1-9-8-12(17)6-7-13(9)15(19)14(18)10-2-4-11(16)5-3-10/h2-8H,1H3. The van der Waals surface area contributed by atoms with Crippen molar-refractivity contribution in [1.29, 1.82) is 0 Å². The summed E-state index contributed by atoms with van der Waals surface area (Å²) in [5.74, 6) is -1.10. The highest BCUT2D eigenvalue weighted by Gasteiger charge is 2.19. The number of hydrogen-bond donors (Lipinski definition) is 0. The molecule has 0 heterocycles. The van der Waals surface area contributed by atoms with Crippen molar-refractivity contribution in [2.45, 2.75) is 6.92 Å². The van der Waals surface area contributed by atoms with Crippen LogP contribution in [0.5, 0.6) is 0 Å². The minimum atomic E-state index is -0.554. The van der Waals surface area contributed by atoms with Gasteiger partial charge in [-0.05, 0) is 55.0 Å². The number of hydrogen-bond acceptors (Lipinski definition) is 2. The number of halogens is 2. The van der Waals surface area contributed by atoms with Crippen molar-refractivity contribution < 1.29 is 9.59 Å². The zero-order valence-corrected chi connectivity index (χ0v) is 11.6. The van der Waals surface area contributed by atoms with Gasteiger partial charge < -0.3 is 0 Å². The van der Waals surface area contributed by atoms with Crippen molar-refractivity contribution >= 4 is 34.8 Å². The number of Topliss-reactive ketones (excluding diaryl/α,β-unsaturated/α-hetero) is 2. The molecule has 0 aliphatic rings. The summed E-state index contributed by atoms with van der Waals surface area (Å²) in [4.78, 5) is 24.2. The van der Waals surface area contributed by atoms with E-state index < -0.39 is 11.6 Å². The van der Waals surface area contributed by atoms with Crippen LogP contribution in [0, 0.1) is 6.92 Å². The highest BCUT2D eigenvalue weighted by molar-refractivity contribution is 6.49. The predicted molar refractivity (Wildman–Crippen MR) is 76.3 cm³/mol. The van der Waals surface area contributed by atoms with Gasteiger partial charge in [-0.3, -0.25) is 9.59 Å². The summed E-state index contributed by atoms with van der Waals surface area (Å²) in [6.07, 6.45) is 0. The van der Waals surface area contributed by atoms with E-state index in [1.165, 1.54) is 12.1 Å². The number of benzene rings is 2. The minimum Gasteiger partial charge on any atom is -0.285 e. The number of rotatable bonds is 3. The molecule has 2 nitrogen and oxygen atoms in total. The zero-order valence-electron chi connectivity index (χ0n) is 10.1. The number of ketones is 2. The summed E-state index contributed by atoms with van der Waals surface area (Å²) in [5, 5.41) is 1.06. The number of aryl methyl sites for hydroxylation is 1. The Hall–Kier alpha value is -1.64. The molecule has 0 radical (unpaired) electrons. The fraction of sp³-hybridized carbons (Fsp3) is 0.0667. The molecule has 0 spiro atoms. The van der Waals surface area contributed by atoms with Gasteiger partial charge in [-0.25, -0.2) is 0 Å². The molecular weight excluding hydrogens is 283 g/mol. The smallest absolute Gasteiger partial charge is 0.233 e. The van der Waals surface area contributed by atoms with Gasteiger partial charge in [0.15, 0.2) is 0 Å². The van der Waals surface area contributed by atoms with Crippen molar-refractivity contribution in [2.75, 3.05) is 0 Å². The van der Waals surface area contributed by atoms with E-state index in [2.05, 4.69) is 0 Å². The summed E-state index contributed by atoms with van der Waals surface area (Å²) in [7, 11) is 0. The maximum atomic E-state index is 12.1. The Kier molecular flexibility index (Phi) is 4.03. The van der Waals surface area contributed by atoms with Crippen LogP contribution < -0.4 is 0 Å². The fourth-order valence-electron chi connectivity index (χ4n) is 1.74. The third-order valence-electron chi connectivity index (χ3n) is 2.75. The van der Waals surface area contributed by atoms with Gasteiger partial charge in [0.1, 0.15) is 0 Å². The van der Waals surface area contributed by atoms with Crippen LogP contribution in [-0.2, 0) is 0 Å². The van der Waals surface area contributed by atoms with Crippen LogP contribution in [0.3, 0.4) is 0 Å². The molecule has 4 heteroatoms. The topological polar surface area (TPSA) is 34.1 Å². The van der Waals surface area contributed by atoms with Gasteiger partial charge in [0, 0.05) is 21.2 Å². The Balaban J connectivity index is 2.33. The molecule has 2 aromatic rings. The van der Waals surface area contributed by atoms with E-state index in [9.17, 15) is 9.59 Å². The molecule has 2 aromatic carbocycles. The Bertz CT molecular complexity index is 646. The van der Waals surface area contributed by atoms with Gasteiger partial charge in [0.2, 0.25) is 11.6 Å². The van der Waals surface area contributed by atoms with Crippen LogP contribution in [0.4, 0.5) is 0 Å². The van der Waals surface area contributed by atoms with E-state index in [0.717, 1.165) is 0 Å². The molecule has 0 N–H and O–H groups in total. The maximum Gasteiger partial charge on any atom is 0.233 e. The largest absolute Gasteiger partial charge is 0.285 e. The number of carbonyl (C=O) groups is 2. The second-order valence-electron chi connectivity index (χ2n) is 4.12. The predicted octanol–water partition coefficient (Wildman–Crippen LogP) is 4.37. The average molecular weight is 293 g/mol. The molecular formula is C15H10Cl2O2. The molecule has 0 bridgehead atoms. The van der Waals surface area contributed by atoms with Crippen molar-refractivity contribution in [3.8, 4) is 0 Å². The lowest BCUT2D eigenvalue weighted by Gasteiger charge is -2.05. The van der Waals surface area contributed by atoms with E-state index in [1.54, 1.807) is 37.3 Å². The molecule has 0 aromatic heterocycles. The highest BCUT2D eigenvalue weighted by atomic mass is 35.5. The number of carbonyl (C=O) groups excluding carboxylic acids is 2. The Morgan fingerprint density at radius 2 is 1.42 bits per heavy atom. The third kappa shape index (κ3) is 3.03. The van der Waals surface area contributed by atoms with E-state index in [1.807, 2.05) is 0 Å². The second kappa shape index (κ2) is 5.55. The molecule has 0 saturated carbocycles. The lowest BCUT2D eigenvalue weighted by molar-refractivity contribution is 0.0816. The summed E-state index contributed by atoms with van der Waals surface area (Å²) in [6.45, 7) is 1.74. The Labute approximate surface area is 121 Å². The summed E-state index contributed by atoms with van der Waals surface area (Å²) < 4.78 is 0. The van der Waals surface area contributed by atoms with Gasteiger partial charge in [-0.2, -0.15) is 0 Å². The zero-order chi connectivity index (χ0) is 14.0. The summed E-state index contributed by atoms with van der Waals surface area (Å²) in [6, 6.07) is 11.0. The van der Waals surface area contributed by atoms with Crippen molar-refractivity contribution in [3.63, 3.8) is 0 Å². The molecule has 0 atom stereocenters. The Morgan fingerprint density at radius 3 is 2.00 bits per heavy atom. The maximum absolute atomic E-state index is 12.1. The van der Waals surface area contributed by atoms with Gasteiger partial charge in [0.05, 0.1) is 0 Å². The van der Waals surface area contributed by atoms with E-state index in [-0.39, 0.29) is 0 Å². The molecule has 19 heavy (non-hydrogen) atoms.